The van der Waals surface area contributed by atoms with E-state index in [0.29, 0.717) is 0 Å². The highest BCUT2D eigenvalue weighted by Crippen LogP contribution is 2.32. The standard InChI is InChI=1S/C8H5I2NS/c9-4-1-6(11)5-3-8(10)12-7(5)2-4/h1-3H,11H2. The Hall–Kier alpha value is 0.440. The summed E-state index contributed by atoms with van der Waals surface area (Å²) in [4.78, 5) is 0. The van der Waals surface area contributed by atoms with Crippen molar-refractivity contribution in [2.75, 3.05) is 5.73 Å². The van der Waals surface area contributed by atoms with Crippen LogP contribution >= 0.6 is 56.5 Å². The Bertz CT molecular complexity index is 436. The average molecular weight is 401 g/mol. The number of anilines is 1. The van der Waals surface area contributed by atoms with Crippen molar-refractivity contribution in [3.63, 3.8) is 0 Å². The van der Waals surface area contributed by atoms with Crippen molar-refractivity contribution in [3.8, 4) is 0 Å². The molecule has 0 saturated heterocycles. The van der Waals surface area contributed by atoms with Gasteiger partial charge in [0.1, 0.15) is 0 Å². The van der Waals surface area contributed by atoms with Crippen LogP contribution in [0.5, 0.6) is 0 Å². The average Bonchev–Trinajstić information content (AvgIpc) is 2.29. The Labute approximate surface area is 102 Å². The number of rotatable bonds is 0. The van der Waals surface area contributed by atoms with E-state index in [9.17, 15) is 0 Å². The largest absolute Gasteiger partial charge is 0.398 e. The maximum absolute atomic E-state index is 5.87. The predicted octanol–water partition coefficient (Wildman–Crippen LogP) is 3.69. The van der Waals surface area contributed by atoms with Crippen LogP contribution in [0.15, 0.2) is 18.2 Å². The fraction of sp³-hybridized carbons (Fsp3) is 0. The van der Waals surface area contributed by atoms with Crippen LogP contribution in [0.25, 0.3) is 10.1 Å². The van der Waals surface area contributed by atoms with Gasteiger partial charge in [-0.25, -0.2) is 0 Å². The molecule has 2 aromatic rings. The maximum atomic E-state index is 5.87. The minimum Gasteiger partial charge on any atom is -0.398 e. The number of benzene rings is 1. The Morgan fingerprint density at radius 3 is 2.67 bits per heavy atom. The molecule has 0 aliphatic rings. The van der Waals surface area contributed by atoms with Crippen molar-refractivity contribution >= 4 is 72.3 Å². The van der Waals surface area contributed by atoms with Gasteiger partial charge in [0.05, 0.1) is 2.88 Å². The van der Waals surface area contributed by atoms with Gasteiger partial charge in [-0.1, -0.05) is 0 Å². The van der Waals surface area contributed by atoms with E-state index < -0.39 is 0 Å². The van der Waals surface area contributed by atoms with Crippen molar-refractivity contribution in [2.24, 2.45) is 0 Å². The summed E-state index contributed by atoms with van der Waals surface area (Å²) in [6.07, 6.45) is 0. The number of nitrogens with two attached hydrogens (primary N) is 1. The Morgan fingerprint density at radius 1 is 1.17 bits per heavy atom. The van der Waals surface area contributed by atoms with Crippen molar-refractivity contribution in [3.05, 3.63) is 24.7 Å². The minimum atomic E-state index is 0.885. The molecule has 62 valence electrons. The zero-order chi connectivity index (χ0) is 8.72. The Kier molecular flexibility index (Phi) is 2.48. The molecule has 2 N–H and O–H groups in total. The highest BCUT2D eigenvalue weighted by atomic mass is 127. The molecule has 0 aliphatic carbocycles. The van der Waals surface area contributed by atoms with E-state index in [-0.39, 0.29) is 0 Å². The summed E-state index contributed by atoms with van der Waals surface area (Å²) in [5.41, 5.74) is 6.75. The lowest BCUT2D eigenvalue weighted by Gasteiger charge is -1.96. The first-order valence-corrected chi connectivity index (χ1v) is 6.28. The van der Waals surface area contributed by atoms with Gasteiger partial charge >= 0.3 is 0 Å². The summed E-state index contributed by atoms with van der Waals surface area (Å²) < 4.78 is 3.77. The lowest BCUT2D eigenvalue weighted by atomic mass is 10.2. The zero-order valence-corrected chi connectivity index (χ0v) is 11.1. The molecule has 12 heavy (non-hydrogen) atoms. The molecule has 0 atom stereocenters. The molecule has 1 aromatic heterocycles. The molecule has 0 radical (unpaired) electrons. The van der Waals surface area contributed by atoms with Gasteiger partial charge in [-0.2, -0.15) is 0 Å². The number of halogens is 2. The monoisotopic (exact) mass is 401 g/mol. The second-order valence-corrected chi connectivity index (χ2v) is 6.68. The first-order chi connectivity index (χ1) is 5.66. The topological polar surface area (TPSA) is 26.0 Å². The predicted molar refractivity (Wildman–Crippen MR) is 71.7 cm³/mol. The van der Waals surface area contributed by atoms with Crippen LogP contribution in [0.1, 0.15) is 0 Å². The third-order valence-electron chi connectivity index (χ3n) is 1.60. The first kappa shape index (κ1) is 9.01. The van der Waals surface area contributed by atoms with Crippen molar-refractivity contribution in [2.45, 2.75) is 0 Å². The molecular weight excluding hydrogens is 396 g/mol. The van der Waals surface area contributed by atoms with Gasteiger partial charge < -0.3 is 5.73 Å². The molecule has 0 amide bonds. The highest BCUT2D eigenvalue weighted by Gasteiger charge is 2.03. The van der Waals surface area contributed by atoms with Crippen LogP contribution in [-0.4, -0.2) is 0 Å². The molecule has 4 heteroatoms. The van der Waals surface area contributed by atoms with Gasteiger partial charge in [-0.3, -0.25) is 0 Å². The van der Waals surface area contributed by atoms with Crippen LogP contribution in [-0.2, 0) is 0 Å². The van der Waals surface area contributed by atoms with Gasteiger partial charge in [-0.15, -0.1) is 11.3 Å². The van der Waals surface area contributed by atoms with Gasteiger partial charge in [-0.05, 0) is 63.4 Å². The molecule has 1 nitrogen and oxygen atoms in total. The molecular formula is C8H5I2NS. The smallest absolute Gasteiger partial charge is 0.0666 e. The molecule has 1 heterocycles. The normalized spacial score (nSPS) is 10.8. The lowest BCUT2D eigenvalue weighted by Crippen LogP contribution is -1.85. The maximum Gasteiger partial charge on any atom is 0.0666 e. The van der Waals surface area contributed by atoms with E-state index in [1.807, 2.05) is 6.07 Å². The van der Waals surface area contributed by atoms with E-state index in [2.05, 4.69) is 57.3 Å². The van der Waals surface area contributed by atoms with Crippen LogP contribution < -0.4 is 5.73 Å². The van der Waals surface area contributed by atoms with Gasteiger partial charge in [0, 0.05) is 19.3 Å². The first-order valence-electron chi connectivity index (χ1n) is 3.31. The molecule has 0 fully saturated rings. The van der Waals surface area contributed by atoms with Gasteiger partial charge in [0.15, 0.2) is 0 Å². The second-order valence-electron chi connectivity index (χ2n) is 2.46. The van der Waals surface area contributed by atoms with Gasteiger partial charge in [0.2, 0.25) is 0 Å². The third kappa shape index (κ3) is 1.56. The van der Waals surface area contributed by atoms with Crippen molar-refractivity contribution in [1.29, 1.82) is 0 Å². The molecule has 0 spiro atoms. The van der Waals surface area contributed by atoms with Crippen LogP contribution in [0.4, 0.5) is 5.69 Å². The molecule has 0 bridgehead atoms. The van der Waals surface area contributed by atoms with E-state index in [1.165, 1.54) is 16.5 Å². The fourth-order valence-electron chi connectivity index (χ4n) is 1.10. The lowest BCUT2D eigenvalue weighted by molar-refractivity contribution is 1.73. The summed E-state index contributed by atoms with van der Waals surface area (Å²) in [5, 5.41) is 1.19. The minimum absolute atomic E-state index is 0.885. The number of nitrogen functional groups attached to an aromatic ring is 1. The summed E-state index contributed by atoms with van der Waals surface area (Å²) in [5.74, 6) is 0. The molecule has 2 rings (SSSR count). The SMILES string of the molecule is Nc1cc(I)cc2sc(I)cc12. The summed E-state index contributed by atoms with van der Waals surface area (Å²) in [7, 11) is 0. The summed E-state index contributed by atoms with van der Waals surface area (Å²) in [6, 6.07) is 6.30. The molecule has 0 unspecified atom stereocenters. The molecule has 0 saturated carbocycles. The number of thiophene rings is 1. The number of hydrogen-bond acceptors (Lipinski definition) is 2. The van der Waals surface area contributed by atoms with E-state index >= 15 is 0 Å². The highest BCUT2D eigenvalue weighted by molar-refractivity contribution is 14.1. The quantitative estimate of drug-likeness (QED) is 0.529. The second kappa shape index (κ2) is 3.30. The van der Waals surface area contributed by atoms with Crippen LogP contribution in [0.3, 0.4) is 0 Å². The summed E-state index contributed by atoms with van der Waals surface area (Å²) >= 11 is 6.39. The van der Waals surface area contributed by atoms with E-state index in [4.69, 9.17) is 5.73 Å². The molecule has 0 aliphatic heterocycles. The zero-order valence-electron chi connectivity index (χ0n) is 5.97. The van der Waals surface area contributed by atoms with Crippen molar-refractivity contribution in [1.82, 2.24) is 0 Å². The summed E-state index contributed by atoms with van der Waals surface area (Å²) in [6.45, 7) is 0. The van der Waals surface area contributed by atoms with E-state index in [0.717, 1.165) is 5.69 Å². The number of fused-ring (bicyclic) bond motifs is 1. The van der Waals surface area contributed by atoms with Gasteiger partial charge in [0.25, 0.3) is 0 Å². The molecule has 1 aromatic carbocycles. The van der Waals surface area contributed by atoms with Crippen LogP contribution in [0.2, 0.25) is 0 Å². The fourth-order valence-corrected chi connectivity index (χ4v) is 3.84. The Morgan fingerprint density at radius 2 is 1.92 bits per heavy atom. The van der Waals surface area contributed by atoms with Crippen molar-refractivity contribution < 1.29 is 0 Å². The van der Waals surface area contributed by atoms with Crippen LogP contribution in [0, 0.1) is 6.45 Å². The third-order valence-corrected chi connectivity index (χ3v) is 4.07. The Balaban J connectivity index is 2.88. The van der Waals surface area contributed by atoms with E-state index in [1.54, 1.807) is 11.3 Å². The number of hydrogen-bond donors (Lipinski definition) is 1.